The Kier molecular flexibility index (Phi) is 6.19. The predicted octanol–water partition coefficient (Wildman–Crippen LogP) is 6.35. The summed E-state index contributed by atoms with van der Waals surface area (Å²) in [6.45, 7) is 0. The maximum Gasteiger partial charge on any atom is 0.327 e. The fraction of sp³-hybridized carbons (Fsp3) is 0.0370. The van der Waals surface area contributed by atoms with Crippen molar-refractivity contribution in [2.45, 2.75) is 6.04 Å². The van der Waals surface area contributed by atoms with Gasteiger partial charge in [-0.3, -0.25) is 9.69 Å². The minimum atomic E-state index is -0.824. The van der Waals surface area contributed by atoms with Crippen LogP contribution in [0.5, 0.6) is 0 Å². The lowest BCUT2D eigenvalue weighted by atomic mass is 9.95. The third-order valence-corrected chi connectivity index (χ3v) is 4.96. The quantitative estimate of drug-likeness (QED) is 0.379. The number of rotatable bonds is 6. The van der Waals surface area contributed by atoms with Crippen molar-refractivity contribution >= 4 is 23.2 Å². The van der Waals surface area contributed by atoms with Gasteiger partial charge in [0.15, 0.2) is 5.78 Å². The summed E-state index contributed by atoms with van der Waals surface area (Å²) in [7, 11) is 0. The van der Waals surface area contributed by atoms with Gasteiger partial charge >= 0.3 is 6.03 Å². The van der Waals surface area contributed by atoms with Crippen molar-refractivity contribution in [3.63, 3.8) is 0 Å². The molecule has 0 aliphatic rings. The smallest absolute Gasteiger partial charge is 0.308 e. The number of Topliss-reactive ketones (excluding diaryl/α,β-unsaturated/α-hetero) is 1. The fourth-order valence-electron chi connectivity index (χ4n) is 3.49. The topological polar surface area (TPSA) is 49.4 Å². The van der Waals surface area contributed by atoms with Crippen molar-refractivity contribution in [3.05, 3.63) is 132 Å². The monoisotopic (exact) mass is 406 g/mol. The Morgan fingerprint density at radius 2 is 1.10 bits per heavy atom. The second kappa shape index (κ2) is 9.55. The Hall–Kier alpha value is -4.18. The van der Waals surface area contributed by atoms with Crippen LogP contribution in [0.2, 0.25) is 0 Å². The highest BCUT2D eigenvalue weighted by Gasteiger charge is 2.33. The standard InChI is InChI=1S/C27H22N2O2/c30-26(22-15-7-2-8-16-22)25(21-13-5-1-6-14-21)29(24-19-11-4-12-20-24)27(31)28-23-17-9-3-10-18-23/h1-20,25H,(H,28,31). The summed E-state index contributed by atoms with van der Waals surface area (Å²) >= 11 is 0. The van der Waals surface area contributed by atoms with Crippen molar-refractivity contribution < 1.29 is 9.59 Å². The van der Waals surface area contributed by atoms with E-state index >= 15 is 0 Å². The highest BCUT2D eigenvalue weighted by molar-refractivity contribution is 6.11. The molecule has 4 rings (SSSR count). The Balaban J connectivity index is 1.82. The van der Waals surface area contributed by atoms with Crippen LogP contribution in [0, 0.1) is 0 Å². The number of hydrogen-bond acceptors (Lipinski definition) is 2. The fourth-order valence-corrected chi connectivity index (χ4v) is 3.49. The molecule has 4 heteroatoms. The lowest BCUT2D eigenvalue weighted by Crippen LogP contribution is -2.42. The van der Waals surface area contributed by atoms with E-state index in [1.165, 1.54) is 4.90 Å². The molecule has 1 N–H and O–H groups in total. The molecule has 4 aromatic rings. The SMILES string of the molecule is O=C(c1ccccc1)C(c1ccccc1)N(C(=O)Nc1ccccc1)c1ccccc1. The molecule has 1 unspecified atom stereocenters. The van der Waals surface area contributed by atoms with Crippen LogP contribution in [-0.2, 0) is 0 Å². The highest BCUT2D eigenvalue weighted by Crippen LogP contribution is 2.31. The molecule has 0 aliphatic carbocycles. The van der Waals surface area contributed by atoms with Crippen LogP contribution < -0.4 is 10.2 Å². The van der Waals surface area contributed by atoms with Gasteiger partial charge in [0.05, 0.1) is 0 Å². The number of amides is 2. The molecule has 1 atom stereocenters. The van der Waals surface area contributed by atoms with Crippen LogP contribution in [0.15, 0.2) is 121 Å². The number of benzene rings is 4. The molecule has 0 heterocycles. The van der Waals surface area contributed by atoms with E-state index in [1.54, 1.807) is 12.1 Å². The number of anilines is 2. The average molecular weight is 406 g/mol. The van der Waals surface area contributed by atoms with Crippen molar-refractivity contribution in [2.75, 3.05) is 10.2 Å². The van der Waals surface area contributed by atoms with Crippen LogP contribution in [0.3, 0.4) is 0 Å². The molecule has 0 aliphatic heterocycles. The van der Waals surface area contributed by atoms with E-state index in [4.69, 9.17) is 0 Å². The first-order chi connectivity index (χ1) is 15.2. The third-order valence-electron chi connectivity index (χ3n) is 4.96. The van der Waals surface area contributed by atoms with Gasteiger partial charge in [-0.2, -0.15) is 0 Å². The lowest BCUT2D eigenvalue weighted by molar-refractivity contribution is 0.0959. The van der Waals surface area contributed by atoms with Crippen LogP contribution >= 0.6 is 0 Å². The molecule has 31 heavy (non-hydrogen) atoms. The second-order valence-corrected chi connectivity index (χ2v) is 7.05. The van der Waals surface area contributed by atoms with E-state index in [2.05, 4.69) is 5.32 Å². The summed E-state index contributed by atoms with van der Waals surface area (Å²) in [5.41, 5.74) is 2.58. The predicted molar refractivity (Wildman–Crippen MR) is 124 cm³/mol. The summed E-state index contributed by atoms with van der Waals surface area (Å²) in [5.74, 6) is -0.154. The molecule has 0 aromatic heterocycles. The van der Waals surface area contributed by atoms with Crippen molar-refractivity contribution in [3.8, 4) is 0 Å². The Bertz CT molecular complexity index is 1130. The highest BCUT2D eigenvalue weighted by atomic mass is 16.2. The molecule has 2 amide bonds. The zero-order chi connectivity index (χ0) is 21.5. The second-order valence-electron chi connectivity index (χ2n) is 7.05. The van der Waals surface area contributed by atoms with Gasteiger partial charge < -0.3 is 5.32 Å². The first-order valence-electron chi connectivity index (χ1n) is 10.1. The van der Waals surface area contributed by atoms with Crippen molar-refractivity contribution in [1.29, 1.82) is 0 Å². The summed E-state index contributed by atoms with van der Waals surface area (Å²) in [6, 6.07) is 35.7. The minimum Gasteiger partial charge on any atom is -0.308 e. The van der Waals surface area contributed by atoms with Crippen LogP contribution in [0.4, 0.5) is 16.2 Å². The van der Waals surface area contributed by atoms with E-state index in [0.29, 0.717) is 16.9 Å². The molecule has 0 saturated heterocycles. The van der Waals surface area contributed by atoms with E-state index < -0.39 is 6.04 Å². The Morgan fingerprint density at radius 1 is 0.613 bits per heavy atom. The van der Waals surface area contributed by atoms with Crippen molar-refractivity contribution in [2.24, 2.45) is 0 Å². The molecule has 0 fully saturated rings. The van der Waals surface area contributed by atoms with Gasteiger partial charge in [-0.1, -0.05) is 97.1 Å². The largest absolute Gasteiger partial charge is 0.327 e. The number of carbonyl (C=O) groups is 2. The Labute approximate surface area is 181 Å². The normalized spacial score (nSPS) is 11.4. The molecule has 4 aromatic carbocycles. The summed E-state index contributed by atoms with van der Waals surface area (Å²) in [5, 5.41) is 2.93. The summed E-state index contributed by atoms with van der Waals surface area (Å²) < 4.78 is 0. The summed E-state index contributed by atoms with van der Waals surface area (Å²) in [4.78, 5) is 28.7. The summed E-state index contributed by atoms with van der Waals surface area (Å²) in [6.07, 6.45) is 0. The zero-order valence-corrected chi connectivity index (χ0v) is 16.9. The lowest BCUT2D eigenvalue weighted by Gasteiger charge is -2.31. The molecule has 4 nitrogen and oxygen atoms in total. The zero-order valence-electron chi connectivity index (χ0n) is 16.9. The van der Waals surface area contributed by atoms with Gasteiger partial charge in [-0.05, 0) is 29.8 Å². The average Bonchev–Trinajstić information content (AvgIpc) is 2.84. The van der Waals surface area contributed by atoms with Crippen LogP contribution in [-0.4, -0.2) is 11.8 Å². The number of ketones is 1. The van der Waals surface area contributed by atoms with Gasteiger partial charge in [-0.15, -0.1) is 0 Å². The molecule has 152 valence electrons. The molecule has 0 radical (unpaired) electrons. The molecule has 0 bridgehead atoms. The van der Waals surface area contributed by atoms with E-state index in [1.807, 2.05) is 109 Å². The van der Waals surface area contributed by atoms with Gasteiger partial charge in [0, 0.05) is 16.9 Å². The number of nitrogens with one attached hydrogen (secondary N) is 1. The van der Waals surface area contributed by atoms with Gasteiger partial charge in [0.1, 0.15) is 6.04 Å². The number of nitrogens with zero attached hydrogens (tertiary/aromatic N) is 1. The first-order valence-corrected chi connectivity index (χ1v) is 10.1. The van der Waals surface area contributed by atoms with Gasteiger partial charge in [0.2, 0.25) is 0 Å². The minimum absolute atomic E-state index is 0.154. The Morgan fingerprint density at radius 3 is 1.68 bits per heavy atom. The van der Waals surface area contributed by atoms with E-state index in [-0.39, 0.29) is 11.8 Å². The number of urea groups is 1. The van der Waals surface area contributed by atoms with E-state index in [0.717, 1.165) is 5.56 Å². The number of para-hydroxylation sites is 2. The van der Waals surface area contributed by atoms with E-state index in [9.17, 15) is 9.59 Å². The molecule has 0 saturated carbocycles. The van der Waals surface area contributed by atoms with Crippen molar-refractivity contribution in [1.82, 2.24) is 0 Å². The number of carbonyl (C=O) groups excluding carboxylic acids is 2. The molecular formula is C27H22N2O2. The maximum absolute atomic E-state index is 13.7. The van der Waals surface area contributed by atoms with Gasteiger partial charge in [0.25, 0.3) is 0 Å². The molecular weight excluding hydrogens is 384 g/mol. The first kappa shape index (κ1) is 20.1. The van der Waals surface area contributed by atoms with Crippen LogP contribution in [0.25, 0.3) is 0 Å². The molecule has 0 spiro atoms. The van der Waals surface area contributed by atoms with Crippen LogP contribution in [0.1, 0.15) is 22.0 Å². The number of hydrogen-bond donors (Lipinski definition) is 1. The maximum atomic E-state index is 13.7. The third kappa shape index (κ3) is 4.70. The van der Waals surface area contributed by atoms with Gasteiger partial charge in [-0.25, -0.2) is 4.79 Å².